The molecule has 0 saturated carbocycles. The number of rotatable bonds is 10. The second-order valence-electron chi connectivity index (χ2n) is 6.83. The summed E-state index contributed by atoms with van der Waals surface area (Å²) < 4.78 is 12.5. The molecule has 0 aliphatic heterocycles. The minimum atomic E-state index is -0.124. The third kappa shape index (κ3) is 15.1. The number of benzene rings is 1. The van der Waals surface area contributed by atoms with E-state index in [9.17, 15) is 9.18 Å². The summed E-state index contributed by atoms with van der Waals surface area (Å²) >= 11 is 0. The van der Waals surface area contributed by atoms with Crippen LogP contribution in [-0.4, -0.2) is 5.78 Å². The van der Waals surface area contributed by atoms with Crippen LogP contribution in [0, 0.1) is 25.6 Å². The number of aryl methyl sites for hydroxylation is 2. The van der Waals surface area contributed by atoms with Gasteiger partial charge in [0.05, 0.1) is 0 Å². The van der Waals surface area contributed by atoms with E-state index in [0.717, 1.165) is 29.9 Å². The Morgan fingerprint density at radius 3 is 1.88 bits per heavy atom. The Labute approximate surface area is 162 Å². The molecule has 0 bridgehead atoms. The van der Waals surface area contributed by atoms with Crippen molar-refractivity contribution in [3.8, 4) is 0 Å². The predicted molar refractivity (Wildman–Crippen MR) is 114 cm³/mol. The third-order valence-corrected chi connectivity index (χ3v) is 4.47. The van der Waals surface area contributed by atoms with Crippen LogP contribution >= 0.6 is 0 Å². The molecule has 2 heteroatoms. The Morgan fingerprint density at radius 2 is 1.50 bits per heavy atom. The number of carbonyl (C=O) groups is 1. The van der Waals surface area contributed by atoms with Crippen molar-refractivity contribution in [1.29, 1.82) is 0 Å². The molecule has 152 valence electrons. The molecule has 1 aromatic carbocycles. The van der Waals surface area contributed by atoms with Gasteiger partial charge in [0.2, 0.25) is 0 Å². The third-order valence-electron chi connectivity index (χ3n) is 4.47. The summed E-state index contributed by atoms with van der Waals surface area (Å²) in [6.45, 7) is 14.2. The lowest BCUT2D eigenvalue weighted by atomic mass is 9.90. The van der Waals surface area contributed by atoms with E-state index in [1.54, 1.807) is 13.0 Å². The van der Waals surface area contributed by atoms with Crippen LogP contribution in [0.1, 0.15) is 104 Å². The van der Waals surface area contributed by atoms with Crippen molar-refractivity contribution in [2.45, 2.75) is 106 Å². The number of carbonyl (C=O) groups excluding carboxylic acids is 1. The maximum atomic E-state index is 12.5. The van der Waals surface area contributed by atoms with E-state index in [0.29, 0.717) is 12.2 Å². The fraction of sp³-hybridized carbons (Fsp3) is 0.708. The summed E-state index contributed by atoms with van der Waals surface area (Å²) in [5.41, 5.74) is 1.82. The van der Waals surface area contributed by atoms with E-state index in [2.05, 4.69) is 13.8 Å². The van der Waals surface area contributed by atoms with Crippen molar-refractivity contribution in [2.24, 2.45) is 5.92 Å². The molecule has 0 heterocycles. The van der Waals surface area contributed by atoms with Gasteiger partial charge in [0.25, 0.3) is 0 Å². The van der Waals surface area contributed by atoms with Gasteiger partial charge in [-0.1, -0.05) is 90.8 Å². The lowest BCUT2D eigenvalue weighted by molar-refractivity contribution is -0.119. The first-order valence-electron chi connectivity index (χ1n) is 10.7. The van der Waals surface area contributed by atoms with Crippen molar-refractivity contribution in [3.05, 3.63) is 35.1 Å². The van der Waals surface area contributed by atoms with Gasteiger partial charge < -0.3 is 0 Å². The average Bonchev–Trinajstić information content (AvgIpc) is 2.66. The molecular formula is C24H43FO. The van der Waals surface area contributed by atoms with Crippen LogP contribution in [-0.2, 0) is 4.79 Å². The van der Waals surface area contributed by atoms with Gasteiger partial charge in [-0.25, -0.2) is 4.39 Å². The molecular weight excluding hydrogens is 323 g/mol. The summed E-state index contributed by atoms with van der Waals surface area (Å²) in [5.74, 6) is 1.12. The molecule has 0 aliphatic carbocycles. The largest absolute Gasteiger partial charge is 0.300 e. The van der Waals surface area contributed by atoms with E-state index in [1.165, 1.54) is 44.6 Å². The molecule has 0 fully saturated rings. The monoisotopic (exact) mass is 366 g/mol. The topological polar surface area (TPSA) is 17.1 Å². The Balaban J connectivity index is 0. The quantitative estimate of drug-likeness (QED) is 0.407. The lowest BCUT2D eigenvalue weighted by Gasteiger charge is -2.15. The lowest BCUT2D eigenvalue weighted by Crippen LogP contribution is -2.05. The van der Waals surface area contributed by atoms with Gasteiger partial charge in [-0.2, -0.15) is 0 Å². The van der Waals surface area contributed by atoms with Gasteiger partial charge in [-0.15, -0.1) is 0 Å². The summed E-state index contributed by atoms with van der Waals surface area (Å²) in [5, 5.41) is 0. The summed E-state index contributed by atoms with van der Waals surface area (Å²) in [6, 6.07) is 5.09. The molecule has 26 heavy (non-hydrogen) atoms. The van der Waals surface area contributed by atoms with Gasteiger partial charge in [0.15, 0.2) is 0 Å². The highest BCUT2D eigenvalue weighted by atomic mass is 19.1. The fourth-order valence-corrected chi connectivity index (χ4v) is 2.76. The van der Waals surface area contributed by atoms with Crippen molar-refractivity contribution in [2.75, 3.05) is 0 Å². The Morgan fingerprint density at radius 1 is 0.962 bits per heavy atom. The zero-order valence-electron chi connectivity index (χ0n) is 18.5. The molecule has 1 aromatic rings. The standard InChI is InChI=1S/C14H28O.C8H9F.C2H6/c1-4-7-9-13(10-8-5-2)11-12-14(15)6-3;1-6-3-4-8(9)7(2)5-6;1-2/h13H,4-12H2,1-3H3;3-5H,1-2H3;1-2H3. The molecule has 0 radical (unpaired) electrons. The maximum Gasteiger partial charge on any atom is 0.132 e. The highest BCUT2D eigenvalue weighted by Gasteiger charge is 2.09. The Kier molecular flexibility index (Phi) is 19.4. The molecule has 1 nitrogen and oxygen atoms in total. The second-order valence-corrected chi connectivity index (χ2v) is 6.83. The SMILES string of the molecule is CC.CCCCC(CCCC)CCC(=O)CC.Cc1ccc(F)c(C)c1. The van der Waals surface area contributed by atoms with Gasteiger partial charge in [0, 0.05) is 12.8 Å². The molecule has 0 N–H and O–H groups in total. The molecule has 0 amide bonds. The minimum Gasteiger partial charge on any atom is -0.300 e. The van der Waals surface area contributed by atoms with Crippen LogP contribution in [0.3, 0.4) is 0 Å². The van der Waals surface area contributed by atoms with E-state index < -0.39 is 0 Å². The minimum absolute atomic E-state index is 0.124. The summed E-state index contributed by atoms with van der Waals surface area (Å²) in [6.07, 6.45) is 10.5. The first kappa shape index (κ1) is 27.0. The van der Waals surface area contributed by atoms with E-state index in [4.69, 9.17) is 0 Å². The van der Waals surface area contributed by atoms with Crippen molar-refractivity contribution < 1.29 is 9.18 Å². The van der Waals surface area contributed by atoms with E-state index >= 15 is 0 Å². The number of hydrogen-bond donors (Lipinski definition) is 0. The van der Waals surface area contributed by atoms with Crippen LogP contribution in [0.4, 0.5) is 4.39 Å². The normalized spacial score (nSPS) is 9.88. The number of ketones is 1. The molecule has 0 aliphatic rings. The van der Waals surface area contributed by atoms with Crippen LogP contribution in [0.2, 0.25) is 0 Å². The Bertz CT molecular complexity index is 446. The van der Waals surface area contributed by atoms with Gasteiger partial charge in [-0.05, 0) is 37.8 Å². The Hall–Kier alpha value is -1.18. The molecule has 0 aromatic heterocycles. The van der Waals surface area contributed by atoms with Gasteiger partial charge in [-0.3, -0.25) is 4.79 Å². The maximum absolute atomic E-state index is 12.5. The summed E-state index contributed by atoms with van der Waals surface area (Å²) in [7, 11) is 0. The fourth-order valence-electron chi connectivity index (χ4n) is 2.76. The van der Waals surface area contributed by atoms with Crippen LogP contribution in [0.25, 0.3) is 0 Å². The average molecular weight is 367 g/mol. The molecule has 1 rings (SSSR count). The number of unbranched alkanes of at least 4 members (excludes halogenated alkanes) is 2. The molecule has 0 spiro atoms. The van der Waals surface area contributed by atoms with Crippen molar-refractivity contribution in [1.82, 2.24) is 0 Å². The zero-order chi connectivity index (χ0) is 20.4. The highest BCUT2D eigenvalue weighted by molar-refractivity contribution is 5.77. The number of hydrogen-bond acceptors (Lipinski definition) is 1. The first-order chi connectivity index (χ1) is 12.4. The van der Waals surface area contributed by atoms with Crippen LogP contribution in [0.5, 0.6) is 0 Å². The highest BCUT2D eigenvalue weighted by Crippen LogP contribution is 2.21. The predicted octanol–water partition coefficient (Wildman–Crippen LogP) is 8.21. The smallest absolute Gasteiger partial charge is 0.132 e. The van der Waals surface area contributed by atoms with E-state index in [-0.39, 0.29) is 5.82 Å². The summed E-state index contributed by atoms with van der Waals surface area (Å²) in [4.78, 5) is 11.3. The number of halogens is 1. The van der Waals surface area contributed by atoms with Crippen LogP contribution < -0.4 is 0 Å². The number of Topliss-reactive ketones (excluding diaryl/α,β-unsaturated/α-hetero) is 1. The van der Waals surface area contributed by atoms with Gasteiger partial charge >= 0.3 is 0 Å². The molecule has 0 saturated heterocycles. The van der Waals surface area contributed by atoms with Gasteiger partial charge in [0.1, 0.15) is 11.6 Å². The van der Waals surface area contributed by atoms with Crippen molar-refractivity contribution >= 4 is 5.78 Å². The first-order valence-corrected chi connectivity index (χ1v) is 10.7. The zero-order valence-corrected chi connectivity index (χ0v) is 18.5. The molecule has 0 atom stereocenters. The van der Waals surface area contributed by atoms with Crippen LogP contribution in [0.15, 0.2) is 18.2 Å². The van der Waals surface area contributed by atoms with Crippen molar-refractivity contribution in [3.63, 3.8) is 0 Å². The second kappa shape index (κ2) is 18.6. The van der Waals surface area contributed by atoms with E-state index in [1.807, 2.05) is 33.8 Å². The molecule has 0 unspecified atom stereocenters.